The predicted molar refractivity (Wildman–Crippen MR) is 65.2 cm³/mol. The molecular formula is C14H13F2NO. The van der Waals surface area contributed by atoms with Gasteiger partial charge in [0.15, 0.2) is 0 Å². The molecule has 0 spiro atoms. The van der Waals surface area contributed by atoms with Crippen LogP contribution in [0.25, 0.3) is 0 Å². The first kappa shape index (κ1) is 12.5. The summed E-state index contributed by atoms with van der Waals surface area (Å²) in [5.74, 6) is -0.0652. The van der Waals surface area contributed by atoms with Crippen LogP contribution in [0.3, 0.4) is 0 Å². The van der Waals surface area contributed by atoms with Gasteiger partial charge in [-0.2, -0.15) is 0 Å². The minimum absolute atomic E-state index is 0.247. The molecule has 0 radical (unpaired) electrons. The lowest BCUT2D eigenvalue weighted by molar-refractivity contribution is 0.290. The van der Waals surface area contributed by atoms with Gasteiger partial charge in [0.2, 0.25) is 0 Å². The van der Waals surface area contributed by atoms with Crippen LogP contribution in [0.2, 0.25) is 0 Å². The second-order valence-electron chi connectivity index (χ2n) is 3.92. The van der Waals surface area contributed by atoms with Crippen molar-refractivity contribution in [3.63, 3.8) is 0 Å². The average Bonchev–Trinajstić information content (AvgIpc) is 2.38. The molecule has 2 aromatic carbocycles. The molecule has 2 rings (SSSR count). The Kier molecular flexibility index (Phi) is 3.89. The lowest BCUT2D eigenvalue weighted by Crippen LogP contribution is -2.18. The van der Waals surface area contributed by atoms with Crippen molar-refractivity contribution in [1.29, 1.82) is 0 Å². The fourth-order valence-electron chi connectivity index (χ4n) is 1.52. The van der Waals surface area contributed by atoms with E-state index in [0.29, 0.717) is 5.75 Å². The highest BCUT2D eigenvalue weighted by molar-refractivity contribution is 5.23. The second-order valence-corrected chi connectivity index (χ2v) is 3.92. The van der Waals surface area contributed by atoms with E-state index in [1.54, 1.807) is 12.1 Å². The third-order valence-electron chi connectivity index (χ3n) is 2.54. The van der Waals surface area contributed by atoms with Crippen molar-refractivity contribution < 1.29 is 13.5 Å². The molecule has 1 unspecified atom stereocenters. The summed E-state index contributed by atoms with van der Waals surface area (Å²) in [6, 6.07) is 11.3. The summed E-state index contributed by atoms with van der Waals surface area (Å²) in [5, 5.41) is 0. The fourth-order valence-corrected chi connectivity index (χ4v) is 1.52. The minimum Gasteiger partial charge on any atom is -0.492 e. The molecule has 0 aliphatic carbocycles. The fraction of sp³-hybridized carbons (Fsp3) is 0.143. The number of nitrogens with two attached hydrogens (primary N) is 1. The van der Waals surface area contributed by atoms with Crippen LogP contribution in [0, 0.1) is 11.6 Å². The summed E-state index contributed by atoms with van der Waals surface area (Å²) >= 11 is 0. The first-order chi connectivity index (χ1) is 8.65. The molecule has 2 nitrogen and oxygen atoms in total. The Morgan fingerprint density at radius 2 is 1.39 bits per heavy atom. The molecule has 94 valence electrons. The van der Waals surface area contributed by atoms with Gasteiger partial charge in [-0.3, -0.25) is 0 Å². The van der Waals surface area contributed by atoms with Crippen LogP contribution in [0.15, 0.2) is 48.5 Å². The largest absolute Gasteiger partial charge is 0.492 e. The van der Waals surface area contributed by atoms with Crippen LogP contribution < -0.4 is 10.5 Å². The third-order valence-corrected chi connectivity index (χ3v) is 2.54. The molecule has 4 heteroatoms. The molecule has 0 bridgehead atoms. The zero-order valence-corrected chi connectivity index (χ0v) is 9.64. The molecule has 0 fully saturated rings. The van der Waals surface area contributed by atoms with Crippen molar-refractivity contribution in [2.75, 3.05) is 6.61 Å². The van der Waals surface area contributed by atoms with E-state index in [2.05, 4.69) is 0 Å². The van der Waals surface area contributed by atoms with Gasteiger partial charge in [0.05, 0.1) is 6.04 Å². The highest BCUT2D eigenvalue weighted by Gasteiger charge is 2.07. The number of hydrogen-bond acceptors (Lipinski definition) is 2. The van der Waals surface area contributed by atoms with Crippen molar-refractivity contribution in [2.45, 2.75) is 6.04 Å². The molecule has 2 N–H and O–H groups in total. The first-order valence-corrected chi connectivity index (χ1v) is 5.54. The molecule has 0 saturated carbocycles. The van der Waals surface area contributed by atoms with Crippen LogP contribution in [-0.2, 0) is 0 Å². The maximum Gasteiger partial charge on any atom is 0.123 e. The topological polar surface area (TPSA) is 35.2 Å². The van der Waals surface area contributed by atoms with Gasteiger partial charge < -0.3 is 10.5 Å². The average molecular weight is 249 g/mol. The molecule has 0 aliphatic heterocycles. The number of halogens is 2. The summed E-state index contributed by atoms with van der Waals surface area (Å²) in [7, 11) is 0. The van der Waals surface area contributed by atoms with E-state index >= 15 is 0 Å². The van der Waals surface area contributed by atoms with Crippen LogP contribution in [0.1, 0.15) is 11.6 Å². The maximum absolute atomic E-state index is 12.7. The highest BCUT2D eigenvalue weighted by atomic mass is 19.1. The van der Waals surface area contributed by atoms with Crippen LogP contribution >= 0.6 is 0 Å². The number of ether oxygens (including phenoxy) is 1. The SMILES string of the molecule is NC(COc1ccc(F)cc1)c1ccc(F)cc1. The Labute approximate surface area is 104 Å². The van der Waals surface area contributed by atoms with E-state index in [0.717, 1.165) is 5.56 Å². The summed E-state index contributed by atoms with van der Waals surface area (Å²) in [4.78, 5) is 0. The van der Waals surface area contributed by atoms with Crippen molar-refractivity contribution in [3.05, 3.63) is 65.7 Å². The Bertz CT molecular complexity index is 496. The maximum atomic E-state index is 12.7. The highest BCUT2D eigenvalue weighted by Crippen LogP contribution is 2.15. The van der Waals surface area contributed by atoms with E-state index in [4.69, 9.17) is 10.5 Å². The minimum atomic E-state index is -0.351. The van der Waals surface area contributed by atoms with Gasteiger partial charge >= 0.3 is 0 Å². The Morgan fingerprint density at radius 3 is 1.94 bits per heavy atom. The molecule has 0 aliphatic rings. The molecule has 0 saturated heterocycles. The van der Waals surface area contributed by atoms with Crippen LogP contribution in [0.5, 0.6) is 5.75 Å². The molecule has 0 heterocycles. The van der Waals surface area contributed by atoms with Gasteiger partial charge in [-0.05, 0) is 42.0 Å². The molecule has 18 heavy (non-hydrogen) atoms. The number of hydrogen-bond donors (Lipinski definition) is 1. The van der Waals surface area contributed by atoms with E-state index in [-0.39, 0.29) is 24.3 Å². The van der Waals surface area contributed by atoms with Gasteiger partial charge in [-0.15, -0.1) is 0 Å². The Morgan fingerprint density at radius 1 is 0.889 bits per heavy atom. The summed E-state index contributed by atoms with van der Waals surface area (Å²) in [5.41, 5.74) is 6.69. The van der Waals surface area contributed by atoms with Crippen molar-refractivity contribution in [3.8, 4) is 5.75 Å². The van der Waals surface area contributed by atoms with Crippen LogP contribution in [-0.4, -0.2) is 6.61 Å². The monoisotopic (exact) mass is 249 g/mol. The molecule has 0 amide bonds. The van der Waals surface area contributed by atoms with Crippen molar-refractivity contribution in [1.82, 2.24) is 0 Å². The molecule has 0 aromatic heterocycles. The first-order valence-electron chi connectivity index (χ1n) is 5.54. The Balaban J connectivity index is 1.93. The van der Waals surface area contributed by atoms with E-state index in [1.165, 1.54) is 36.4 Å². The predicted octanol–water partition coefficient (Wildman–Crippen LogP) is 3.04. The van der Waals surface area contributed by atoms with E-state index < -0.39 is 0 Å². The summed E-state index contributed by atoms with van der Waals surface area (Å²) in [6.07, 6.45) is 0. The molecule has 1 atom stereocenters. The van der Waals surface area contributed by atoms with Gasteiger partial charge in [0, 0.05) is 0 Å². The third kappa shape index (κ3) is 3.28. The van der Waals surface area contributed by atoms with E-state index in [9.17, 15) is 8.78 Å². The lowest BCUT2D eigenvalue weighted by Gasteiger charge is -2.13. The second kappa shape index (κ2) is 5.60. The van der Waals surface area contributed by atoms with Gasteiger partial charge in [0.25, 0.3) is 0 Å². The van der Waals surface area contributed by atoms with Gasteiger partial charge in [-0.25, -0.2) is 8.78 Å². The lowest BCUT2D eigenvalue weighted by atomic mass is 10.1. The quantitative estimate of drug-likeness (QED) is 0.903. The zero-order valence-electron chi connectivity index (χ0n) is 9.64. The zero-order chi connectivity index (χ0) is 13.0. The molecular weight excluding hydrogens is 236 g/mol. The Hall–Kier alpha value is -1.94. The normalized spacial score (nSPS) is 12.2. The number of benzene rings is 2. The summed E-state index contributed by atoms with van der Waals surface area (Å²) < 4.78 is 30.8. The van der Waals surface area contributed by atoms with Crippen LogP contribution in [0.4, 0.5) is 8.78 Å². The standard InChI is InChI=1S/C14H13F2NO/c15-11-3-1-10(2-4-11)14(17)9-18-13-7-5-12(16)6-8-13/h1-8,14H,9,17H2. The molecule has 2 aromatic rings. The smallest absolute Gasteiger partial charge is 0.123 e. The number of rotatable bonds is 4. The van der Waals surface area contributed by atoms with E-state index in [1.807, 2.05) is 0 Å². The van der Waals surface area contributed by atoms with Crippen molar-refractivity contribution in [2.24, 2.45) is 5.73 Å². The van der Waals surface area contributed by atoms with Gasteiger partial charge in [0.1, 0.15) is 24.0 Å². The summed E-state index contributed by atoms with van der Waals surface area (Å²) in [6.45, 7) is 0.247. The van der Waals surface area contributed by atoms with Crippen molar-refractivity contribution >= 4 is 0 Å². The van der Waals surface area contributed by atoms with Gasteiger partial charge in [-0.1, -0.05) is 12.1 Å².